The Bertz CT molecular complexity index is 722. The van der Waals surface area contributed by atoms with Gasteiger partial charge in [-0.15, -0.1) is 0 Å². The van der Waals surface area contributed by atoms with E-state index in [4.69, 9.17) is 4.74 Å². The van der Waals surface area contributed by atoms with Crippen molar-refractivity contribution in [2.45, 2.75) is 24.8 Å². The molecule has 112 valence electrons. The minimum Gasteiger partial charge on any atom is -0.497 e. The molecule has 1 atom stereocenters. The molecule has 2 aliphatic rings. The molecule has 3 nitrogen and oxygen atoms in total. The molecule has 0 radical (unpaired) electrons. The first-order valence-electron chi connectivity index (χ1n) is 7.74. The van der Waals surface area contributed by atoms with Crippen LogP contribution in [0, 0.1) is 0 Å². The van der Waals surface area contributed by atoms with Crippen molar-refractivity contribution >= 4 is 5.91 Å². The van der Waals surface area contributed by atoms with Crippen LogP contribution < -0.4 is 4.74 Å². The minimum absolute atomic E-state index is 0.233. The zero-order valence-electron chi connectivity index (χ0n) is 12.7. The second-order valence-corrected chi connectivity index (χ2v) is 6.25. The number of fused-ring (bicyclic) bond motifs is 2. The van der Waals surface area contributed by atoms with Crippen molar-refractivity contribution in [3.05, 3.63) is 65.2 Å². The molecule has 4 rings (SSSR count). The minimum atomic E-state index is -0.233. The third-order valence-electron chi connectivity index (χ3n) is 5.04. The van der Waals surface area contributed by atoms with Crippen molar-refractivity contribution < 1.29 is 9.53 Å². The summed E-state index contributed by atoms with van der Waals surface area (Å²) in [6, 6.07) is 16.3. The average molecular weight is 293 g/mol. The Morgan fingerprint density at radius 1 is 1.14 bits per heavy atom. The van der Waals surface area contributed by atoms with E-state index in [0.29, 0.717) is 6.54 Å². The first kappa shape index (κ1) is 13.4. The number of carbonyl (C=O) groups is 1. The van der Waals surface area contributed by atoms with Crippen molar-refractivity contribution in [2.75, 3.05) is 13.7 Å². The highest BCUT2D eigenvalue weighted by molar-refractivity contribution is 5.95. The molecular weight excluding hydrogens is 274 g/mol. The third-order valence-corrected chi connectivity index (χ3v) is 5.04. The summed E-state index contributed by atoms with van der Waals surface area (Å²) in [4.78, 5) is 14.7. The van der Waals surface area contributed by atoms with Gasteiger partial charge in [0.25, 0.3) is 0 Å². The van der Waals surface area contributed by atoms with E-state index in [1.807, 2.05) is 35.2 Å². The summed E-state index contributed by atoms with van der Waals surface area (Å²) in [6.45, 7) is 1.53. The molecule has 1 aliphatic heterocycles. The molecule has 1 spiro atoms. The maximum absolute atomic E-state index is 12.8. The molecule has 1 aliphatic carbocycles. The van der Waals surface area contributed by atoms with Gasteiger partial charge in [0.2, 0.25) is 5.91 Å². The highest BCUT2D eigenvalue weighted by Crippen LogP contribution is 2.46. The van der Waals surface area contributed by atoms with E-state index in [9.17, 15) is 4.79 Å². The fraction of sp³-hybridized carbons (Fsp3) is 0.316. The summed E-state index contributed by atoms with van der Waals surface area (Å²) in [7, 11) is 1.66. The maximum atomic E-state index is 12.8. The van der Waals surface area contributed by atoms with Crippen LogP contribution >= 0.6 is 0 Å². The van der Waals surface area contributed by atoms with Gasteiger partial charge in [-0.05, 0) is 41.7 Å². The molecule has 0 bridgehead atoms. The standard InChI is InChI=1S/C19H19NO2/c1-22-16-8-6-14(7-9-16)12-20-13-19(18(20)21)11-10-15-4-2-3-5-17(15)19/h2-9H,10-13H2,1H3. The Morgan fingerprint density at radius 2 is 1.91 bits per heavy atom. The predicted molar refractivity (Wildman–Crippen MR) is 84.9 cm³/mol. The zero-order valence-corrected chi connectivity index (χ0v) is 12.7. The van der Waals surface area contributed by atoms with Gasteiger partial charge in [-0.25, -0.2) is 0 Å². The molecule has 22 heavy (non-hydrogen) atoms. The van der Waals surface area contributed by atoms with Crippen LogP contribution in [0.5, 0.6) is 5.75 Å². The highest BCUT2D eigenvalue weighted by atomic mass is 16.5. The Balaban J connectivity index is 1.51. The lowest BCUT2D eigenvalue weighted by Gasteiger charge is -2.47. The SMILES string of the molecule is COc1ccc(CN2CC3(CCc4ccccc43)C2=O)cc1. The largest absolute Gasteiger partial charge is 0.497 e. The summed E-state index contributed by atoms with van der Waals surface area (Å²) in [6.07, 6.45) is 1.99. The van der Waals surface area contributed by atoms with Gasteiger partial charge in [0.05, 0.1) is 12.5 Å². The number of benzene rings is 2. The van der Waals surface area contributed by atoms with Gasteiger partial charge in [-0.2, -0.15) is 0 Å². The second-order valence-electron chi connectivity index (χ2n) is 6.25. The van der Waals surface area contributed by atoms with Crippen molar-refractivity contribution in [3.63, 3.8) is 0 Å². The summed E-state index contributed by atoms with van der Waals surface area (Å²) < 4.78 is 5.17. The van der Waals surface area contributed by atoms with Gasteiger partial charge < -0.3 is 9.64 Å². The van der Waals surface area contributed by atoms with Crippen LogP contribution in [-0.2, 0) is 23.2 Å². The number of hydrogen-bond acceptors (Lipinski definition) is 2. The Kier molecular flexibility index (Phi) is 2.96. The number of hydrogen-bond donors (Lipinski definition) is 0. The van der Waals surface area contributed by atoms with Crippen molar-refractivity contribution in [1.29, 1.82) is 0 Å². The Labute approximate surface area is 130 Å². The second kappa shape index (κ2) is 4.87. The van der Waals surface area contributed by atoms with Crippen LogP contribution in [0.25, 0.3) is 0 Å². The monoisotopic (exact) mass is 293 g/mol. The molecule has 1 unspecified atom stereocenters. The van der Waals surface area contributed by atoms with Gasteiger partial charge in [0, 0.05) is 13.1 Å². The maximum Gasteiger partial charge on any atom is 0.235 e. The molecule has 1 saturated heterocycles. The van der Waals surface area contributed by atoms with Crippen LogP contribution in [0.4, 0.5) is 0 Å². The van der Waals surface area contributed by atoms with E-state index >= 15 is 0 Å². The van der Waals surface area contributed by atoms with Crippen LogP contribution in [-0.4, -0.2) is 24.5 Å². The van der Waals surface area contributed by atoms with E-state index in [0.717, 1.165) is 30.7 Å². The normalized spacial score (nSPS) is 22.6. The number of amides is 1. The van der Waals surface area contributed by atoms with Crippen molar-refractivity contribution in [1.82, 2.24) is 4.90 Å². The first-order valence-corrected chi connectivity index (χ1v) is 7.74. The number of aryl methyl sites for hydroxylation is 1. The lowest BCUT2D eigenvalue weighted by atomic mass is 9.73. The molecule has 1 amide bonds. The van der Waals surface area contributed by atoms with Crippen LogP contribution in [0.3, 0.4) is 0 Å². The van der Waals surface area contributed by atoms with Crippen LogP contribution in [0.1, 0.15) is 23.1 Å². The molecular formula is C19H19NO2. The summed E-state index contributed by atoms with van der Waals surface area (Å²) in [5.74, 6) is 1.13. The smallest absolute Gasteiger partial charge is 0.235 e. The Hall–Kier alpha value is -2.29. The number of nitrogens with zero attached hydrogens (tertiary/aromatic N) is 1. The summed E-state index contributed by atoms with van der Waals surface area (Å²) >= 11 is 0. The number of carbonyl (C=O) groups excluding carboxylic acids is 1. The molecule has 2 aromatic rings. The Morgan fingerprint density at radius 3 is 2.64 bits per heavy atom. The fourth-order valence-corrected chi connectivity index (χ4v) is 3.83. The van der Waals surface area contributed by atoms with E-state index in [1.54, 1.807) is 7.11 Å². The van der Waals surface area contributed by atoms with E-state index in [1.165, 1.54) is 11.1 Å². The van der Waals surface area contributed by atoms with E-state index in [-0.39, 0.29) is 11.3 Å². The number of rotatable bonds is 3. The van der Waals surface area contributed by atoms with E-state index < -0.39 is 0 Å². The predicted octanol–water partition coefficient (Wildman–Crippen LogP) is 2.92. The molecule has 0 saturated carbocycles. The van der Waals surface area contributed by atoms with Crippen molar-refractivity contribution in [3.8, 4) is 5.75 Å². The fourth-order valence-electron chi connectivity index (χ4n) is 3.83. The van der Waals surface area contributed by atoms with Gasteiger partial charge >= 0.3 is 0 Å². The number of likely N-dealkylation sites (tertiary alicyclic amines) is 1. The zero-order chi connectivity index (χ0) is 15.2. The molecule has 0 N–H and O–H groups in total. The highest BCUT2D eigenvalue weighted by Gasteiger charge is 2.55. The van der Waals surface area contributed by atoms with Gasteiger partial charge in [-0.1, -0.05) is 36.4 Å². The molecule has 2 aromatic carbocycles. The third kappa shape index (κ3) is 1.85. The van der Waals surface area contributed by atoms with Crippen molar-refractivity contribution in [2.24, 2.45) is 0 Å². The van der Waals surface area contributed by atoms with Crippen LogP contribution in [0.2, 0.25) is 0 Å². The first-order chi connectivity index (χ1) is 10.7. The number of methoxy groups -OCH3 is 1. The van der Waals surface area contributed by atoms with E-state index in [2.05, 4.69) is 18.2 Å². The topological polar surface area (TPSA) is 29.5 Å². The quantitative estimate of drug-likeness (QED) is 0.814. The summed E-state index contributed by atoms with van der Waals surface area (Å²) in [5, 5.41) is 0. The van der Waals surface area contributed by atoms with Crippen LogP contribution in [0.15, 0.2) is 48.5 Å². The number of β-lactam (4-membered cyclic amide) rings is 1. The lowest BCUT2D eigenvalue weighted by molar-refractivity contribution is -0.152. The molecule has 1 fully saturated rings. The molecule has 0 aromatic heterocycles. The average Bonchev–Trinajstić information content (AvgIpc) is 2.96. The summed E-state index contributed by atoms with van der Waals surface area (Å²) in [5.41, 5.74) is 3.52. The van der Waals surface area contributed by atoms with Gasteiger partial charge in [-0.3, -0.25) is 4.79 Å². The van der Waals surface area contributed by atoms with Gasteiger partial charge in [0.1, 0.15) is 5.75 Å². The van der Waals surface area contributed by atoms with Gasteiger partial charge in [0.15, 0.2) is 0 Å². The number of ether oxygens (including phenoxy) is 1. The molecule has 3 heteroatoms. The lowest BCUT2D eigenvalue weighted by Crippen LogP contribution is -2.62. The molecule has 1 heterocycles.